The number of halogens is 1. The Kier molecular flexibility index (Phi) is 4.75. The smallest absolute Gasteiger partial charge is 0.254 e. The van der Waals surface area contributed by atoms with E-state index in [0.717, 1.165) is 6.42 Å². The van der Waals surface area contributed by atoms with Crippen LogP contribution in [0.25, 0.3) is 0 Å². The number of amides is 1. The summed E-state index contributed by atoms with van der Waals surface area (Å²) in [4.78, 5) is 33.2. The molecule has 27 heavy (non-hydrogen) atoms. The number of aryl methyl sites for hydroxylation is 1. The van der Waals surface area contributed by atoms with Gasteiger partial charge in [0.05, 0.1) is 12.5 Å². The van der Waals surface area contributed by atoms with Crippen LogP contribution in [0.5, 0.6) is 0 Å². The van der Waals surface area contributed by atoms with E-state index in [-0.39, 0.29) is 41.7 Å². The predicted molar refractivity (Wildman–Crippen MR) is 97.2 cm³/mol. The lowest BCUT2D eigenvalue weighted by molar-refractivity contribution is -0.132. The van der Waals surface area contributed by atoms with Gasteiger partial charge in [0.25, 0.3) is 5.56 Å². The number of aromatic amines is 1. The third-order valence-corrected chi connectivity index (χ3v) is 5.45. The van der Waals surface area contributed by atoms with Crippen LogP contribution < -0.4 is 16.4 Å². The lowest BCUT2D eigenvalue weighted by Gasteiger charge is -2.36. The number of carbonyl (C=O) groups excluding carboxylic acids is 1. The molecule has 142 valence electrons. The van der Waals surface area contributed by atoms with Crippen LogP contribution in [-0.4, -0.2) is 39.9 Å². The molecule has 2 saturated heterocycles. The molecular weight excluding hydrogens is 349 g/mol. The Hall–Kier alpha value is -2.58. The Morgan fingerprint density at radius 1 is 1.33 bits per heavy atom. The monoisotopic (exact) mass is 371 g/mol. The van der Waals surface area contributed by atoms with Crippen molar-refractivity contribution >= 4 is 5.91 Å². The van der Waals surface area contributed by atoms with E-state index in [0.29, 0.717) is 30.0 Å². The van der Waals surface area contributed by atoms with Crippen molar-refractivity contribution in [1.82, 2.24) is 25.7 Å². The fourth-order valence-electron chi connectivity index (χ4n) is 3.98. The van der Waals surface area contributed by atoms with E-state index in [4.69, 9.17) is 0 Å². The largest absolute Gasteiger partial charge is 0.342 e. The van der Waals surface area contributed by atoms with Gasteiger partial charge in [0.2, 0.25) is 5.91 Å². The van der Waals surface area contributed by atoms with E-state index in [1.807, 2.05) is 6.07 Å². The highest BCUT2D eigenvalue weighted by molar-refractivity contribution is 5.78. The minimum Gasteiger partial charge on any atom is -0.342 e. The Balaban J connectivity index is 1.49. The molecule has 8 heteroatoms. The zero-order valence-electron chi connectivity index (χ0n) is 15.0. The van der Waals surface area contributed by atoms with Crippen LogP contribution >= 0.6 is 0 Å². The molecule has 1 aromatic carbocycles. The number of hydrazine groups is 1. The molecule has 4 rings (SSSR count). The van der Waals surface area contributed by atoms with E-state index in [1.165, 1.54) is 12.3 Å². The van der Waals surface area contributed by atoms with Crippen molar-refractivity contribution in [3.8, 4) is 0 Å². The molecule has 2 fully saturated rings. The molecule has 2 aliphatic rings. The maximum atomic E-state index is 14.2. The zero-order chi connectivity index (χ0) is 19.0. The summed E-state index contributed by atoms with van der Waals surface area (Å²) >= 11 is 0. The summed E-state index contributed by atoms with van der Waals surface area (Å²) in [6.45, 7) is 2.82. The number of piperidine rings is 1. The Labute approximate surface area is 156 Å². The van der Waals surface area contributed by atoms with Crippen LogP contribution in [0.15, 0.2) is 35.3 Å². The zero-order valence-corrected chi connectivity index (χ0v) is 15.0. The molecule has 0 saturated carbocycles. The molecule has 0 bridgehead atoms. The number of carbonyl (C=O) groups is 1. The fraction of sp³-hybridized carbons (Fsp3) is 0.421. The Morgan fingerprint density at radius 2 is 2.15 bits per heavy atom. The first-order valence-electron chi connectivity index (χ1n) is 9.11. The number of hydrogen-bond donors (Lipinski definition) is 3. The summed E-state index contributed by atoms with van der Waals surface area (Å²) in [5, 5.41) is 0. The van der Waals surface area contributed by atoms with E-state index in [9.17, 15) is 14.0 Å². The summed E-state index contributed by atoms with van der Waals surface area (Å²) in [5.74, 6) is 0.226. The SMILES string of the molecule is Cc1ncc(CC(=O)N2CCC3NNC(c4ccccc4F)C3C2)c(=O)[nH]1. The number of rotatable bonds is 3. The highest BCUT2D eigenvalue weighted by atomic mass is 19.1. The van der Waals surface area contributed by atoms with Crippen LogP contribution in [0.2, 0.25) is 0 Å². The standard InChI is InChI=1S/C19H22FN5O2/c1-11-21-9-12(19(27)22-11)8-17(26)25-7-6-16-14(10-25)18(24-23-16)13-4-2-3-5-15(13)20/h2-5,9,14,16,18,23-24H,6-8,10H2,1H3,(H,21,22,27). The molecule has 1 amide bonds. The van der Waals surface area contributed by atoms with Gasteiger partial charge in [-0.1, -0.05) is 18.2 Å². The minimum absolute atomic E-state index is 0.0191. The normalized spacial score (nSPS) is 24.7. The molecule has 3 heterocycles. The number of aromatic nitrogens is 2. The summed E-state index contributed by atoms with van der Waals surface area (Å²) in [6.07, 6.45) is 2.25. The van der Waals surface area contributed by atoms with E-state index in [1.54, 1.807) is 24.0 Å². The molecule has 3 N–H and O–H groups in total. The lowest BCUT2D eigenvalue weighted by Crippen LogP contribution is -2.48. The van der Waals surface area contributed by atoms with E-state index >= 15 is 0 Å². The van der Waals surface area contributed by atoms with Crippen molar-refractivity contribution in [2.75, 3.05) is 13.1 Å². The molecule has 0 radical (unpaired) electrons. The molecule has 2 aromatic rings. The maximum Gasteiger partial charge on any atom is 0.254 e. The van der Waals surface area contributed by atoms with Crippen LogP contribution in [-0.2, 0) is 11.2 Å². The van der Waals surface area contributed by atoms with Gasteiger partial charge in [0.1, 0.15) is 11.6 Å². The lowest BCUT2D eigenvalue weighted by atomic mass is 9.84. The number of hydrogen-bond acceptors (Lipinski definition) is 5. The number of nitrogens with one attached hydrogen (secondary N) is 3. The maximum absolute atomic E-state index is 14.2. The topological polar surface area (TPSA) is 90.1 Å². The second-order valence-corrected chi connectivity index (χ2v) is 7.19. The average Bonchev–Trinajstić information content (AvgIpc) is 3.07. The summed E-state index contributed by atoms with van der Waals surface area (Å²) in [5.41, 5.74) is 7.11. The van der Waals surface area contributed by atoms with Crippen molar-refractivity contribution in [1.29, 1.82) is 0 Å². The molecule has 3 atom stereocenters. The van der Waals surface area contributed by atoms with Gasteiger partial charge in [-0.15, -0.1) is 0 Å². The van der Waals surface area contributed by atoms with Gasteiger partial charge < -0.3 is 9.88 Å². The van der Waals surface area contributed by atoms with Crippen LogP contribution in [0, 0.1) is 18.7 Å². The fourth-order valence-corrected chi connectivity index (χ4v) is 3.98. The number of nitrogens with zero attached hydrogens (tertiary/aromatic N) is 2. The van der Waals surface area contributed by atoms with Crippen molar-refractivity contribution in [2.45, 2.75) is 31.8 Å². The first kappa shape index (κ1) is 17.8. The van der Waals surface area contributed by atoms with Crippen molar-refractivity contribution in [3.63, 3.8) is 0 Å². The second kappa shape index (κ2) is 7.21. The minimum atomic E-state index is -0.279. The highest BCUT2D eigenvalue weighted by Crippen LogP contribution is 2.34. The van der Waals surface area contributed by atoms with Crippen LogP contribution in [0.3, 0.4) is 0 Å². The van der Waals surface area contributed by atoms with Gasteiger partial charge in [-0.3, -0.25) is 15.0 Å². The van der Waals surface area contributed by atoms with Gasteiger partial charge in [0, 0.05) is 42.4 Å². The summed E-state index contributed by atoms with van der Waals surface area (Å²) in [6, 6.07) is 6.69. The highest BCUT2D eigenvalue weighted by Gasteiger charge is 2.42. The van der Waals surface area contributed by atoms with Crippen molar-refractivity contribution in [2.24, 2.45) is 5.92 Å². The molecule has 2 aliphatic heterocycles. The van der Waals surface area contributed by atoms with Crippen LogP contribution in [0.1, 0.15) is 29.4 Å². The third-order valence-electron chi connectivity index (χ3n) is 5.45. The number of likely N-dealkylation sites (tertiary alicyclic amines) is 1. The number of H-pyrrole nitrogens is 1. The van der Waals surface area contributed by atoms with Crippen molar-refractivity contribution in [3.05, 3.63) is 63.6 Å². The summed E-state index contributed by atoms with van der Waals surface area (Å²) in [7, 11) is 0. The second-order valence-electron chi connectivity index (χ2n) is 7.19. The molecular formula is C19H22FN5O2. The first-order chi connectivity index (χ1) is 13.0. The molecule has 3 unspecified atom stereocenters. The third kappa shape index (κ3) is 3.50. The number of benzene rings is 1. The van der Waals surface area contributed by atoms with Gasteiger partial charge in [-0.2, -0.15) is 0 Å². The van der Waals surface area contributed by atoms with E-state index < -0.39 is 0 Å². The molecule has 0 spiro atoms. The quantitative estimate of drug-likeness (QED) is 0.744. The predicted octanol–water partition coefficient (Wildman–Crippen LogP) is 0.826. The van der Waals surface area contributed by atoms with Gasteiger partial charge in [0.15, 0.2) is 0 Å². The summed E-state index contributed by atoms with van der Waals surface area (Å²) < 4.78 is 14.2. The number of fused-ring (bicyclic) bond motifs is 1. The van der Waals surface area contributed by atoms with Crippen LogP contribution in [0.4, 0.5) is 4.39 Å². The Bertz CT molecular complexity index is 915. The molecule has 0 aliphatic carbocycles. The first-order valence-corrected chi connectivity index (χ1v) is 9.11. The van der Waals surface area contributed by atoms with Gasteiger partial charge in [-0.05, 0) is 19.4 Å². The molecule has 7 nitrogen and oxygen atoms in total. The van der Waals surface area contributed by atoms with Gasteiger partial charge in [-0.25, -0.2) is 14.8 Å². The average molecular weight is 371 g/mol. The molecule has 1 aromatic heterocycles. The van der Waals surface area contributed by atoms with Crippen molar-refractivity contribution < 1.29 is 9.18 Å². The Morgan fingerprint density at radius 3 is 2.93 bits per heavy atom. The van der Waals surface area contributed by atoms with E-state index in [2.05, 4.69) is 20.8 Å². The van der Waals surface area contributed by atoms with Gasteiger partial charge >= 0.3 is 0 Å².